The molecule has 0 saturated carbocycles. The minimum Gasteiger partial charge on any atom is -0.349 e. The standard InChI is InChI=1S/C14H19ClN4O/c1-4-11-13(14(20)16-6-8-18(2)3)19-7-5-10(15)9-12(19)17-11/h5,7,9H,4,6,8H2,1-3H3,(H,16,20). The third-order valence-electron chi connectivity index (χ3n) is 3.05. The van der Waals surface area contributed by atoms with Gasteiger partial charge in [-0.3, -0.25) is 9.20 Å². The molecule has 1 N–H and O–H groups in total. The van der Waals surface area contributed by atoms with E-state index >= 15 is 0 Å². The van der Waals surface area contributed by atoms with Crippen molar-refractivity contribution in [2.45, 2.75) is 13.3 Å². The number of aromatic nitrogens is 2. The van der Waals surface area contributed by atoms with Crippen LogP contribution in [0.1, 0.15) is 23.1 Å². The van der Waals surface area contributed by atoms with Crippen LogP contribution in [0.3, 0.4) is 0 Å². The maximum atomic E-state index is 12.3. The lowest BCUT2D eigenvalue weighted by molar-refractivity contribution is 0.0944. The second-order valence-corrected chi connectivity index (χ2v) is 5.33. The molecule has 0 aliphatic carbocycles. The molecule has 2 heterocycles. The number of pyridine rings is 1. The highest BCUT2D eigenvalue weighted by molar-refractivity contribution is 6.30. The number of halogens is 1. The van der Waals surface area contributed by atoms with Crippen LogP contribution in [0.15, 0.2) is 18.3 Å². The minimum atomic E-state index is -0.0986. The van der Waals surface area contributed by atoms with Gasteiger partial charge in [0.2, 0.25) is 0 Å². The van der Waals surface area contributed by atoms with Crippen molar-refractivity contribution < 1.29 is 4.79 Å². The van der Waals surface area contributed by atoms with Crippen molar-refractivity contribution >= 4 is 23.2 Å². The number of imidazole rings is 1. The van der Waals surface area contributed by atoms with E-state index in [1.165, 1.54) is 0 Å². The summed E-state index contributed by atoms with van der Waals surface area (Å²) >= 11 is 5.96. The predicted molar refractivity (Wildman–Crippen MR) is 80.5 cm³/mol. The molecule has 108 valence electrons. The number of hydrogen-bond acceptors (Lipinski definition) is 3. The van der Waals surface area contributed by atoms with Crippen LogP contribution in [-0.2, 0) is 6.42 Å². The average Bonchev–Trinajstić information content (AvgIpc) is 2.75. The molecule has 0 unspecified atom stereocenters. The van der Waals surface area contributed by atoms with Gasteiger partial charge in [-0.1, -0.05) is 18.5 Å². The zero-order valence-electron chi connectivity index (χ0n) is 12.0. The molecule has 0 aromatic carbocycles. The van der Waals surface area contributed by atoms with Crippen molar-refractivity contribution in [3.05, 3.63) is 34.7 Å². The zero-order valence-corrected chi connectivity index (χ0v) is 12.7. The molecular formula is C14H19ClN4O. The number of hydrogen-bond donors (Lipinski definition) is 1. The number of aryl methyl sites for hydroxylation is 1. The Kier molecular flexibility index (Phi) is 4.62. The van der Waals surface area contributed by atoms with E-state index in [1.807, 2.05) is 25.9 Å². The fourth-order valence-corrected chi connectivity index (χ4v) is 2.19. The number of rotatable bonds is 5. The largest absolute Gasteiger partial charge is 0.349 e. The summed E-state index contributed by atoms with van der Waals surface area (Å²) in [4.78, 5) is 18.8. The van der Waals surface area contributed by atoms with E-state index in [9.17, 15) is 4.79 Å². The van der Waals surface area contributed by atoms with Gasteiger partial charge in [0.1, 0.15) is 11.3 Å². The molecule has 0 radical (unpaired) electrons. The summed E-state index contributed by atoms with van der Waals surface area (Å²) < 4.78 is 1.79. The normalized spacial score (nSPS) is 11.2. The highest BCUT2D eigenvalue weighted by Gasteiger charge is 2.17. The first-order valence-corrected chi connectivity index (χ1v) is 7.00. The van der Waals surface area contributed by atoms with Crippen molar-refractivity contribution in [3.8, 4) is 0 Å². The summed E-state index contributed by atoms with van der Waals surface area (Å²) in [5.41, 5.74) is 2.08. The molecule has 20 heavy (non-hydrogen) atoms. The average molecular weight is 295 g/mol. The maximum absolute atomic E-state index is 12.3. The van der Waals surface area contributed by atoms with Crippen LogP contribution < -0.4 is 5.32 Å². The zero-order chi connectivity index (χ0) is 14.7. The fourth-order valence-electron chi connectivity index (χ4n) is 2.03. The summed E-state index contributed by atoms with van der Waals surface area (Å²) in [6.45, 7) is 3.39. The molecule has 5 nitrogen and oxygen atoms in total. The van der Waals surface area contributed by atoms with Crippen molar-refractivity contribution in [2.24, 2.45) is 0 Å². The number of carbonyl (C=O) groups excluding carboxylic acids is 1. The van der Waals surface area contributed by atoms with Gasteiger partial charge >= 0.3 is 0 Å². The van der Waals surface area contributed by atoms with Gasteiger partial charge in [0.15, 0.2) is 0 Å². The van der Waals surface area contributed by atoms with Crippen LogP contribution >= 0.6 is 11.6 Å². The minimum absolute atomic E-state index is 0.0986. The summed E-state index contributed by atoms with van der Waals surface area (Å²) in [6, 6.07) is 3.52. The number of fused-ring (bicyclic) bond motifs is 1. The van der Waals surface area contributed by atoms with E-state index in [1.54, 1.807) is 22.7 Å². The first kappa shape index (κ1) is 14.8. The molecule has 0 atom stereocenters. The highest BCUT2D eigenvalue weighted by atomic mass is 35.5. The van der Waals surface area contributed by atoms with Crippen molar-refractivity contribution in [1.29, 1.82) is 0 Å². The number of amides is 1. The van der Waals surface area contributed by atoms with Crippen LogP contribution in [0.5, 0.6) is 0 Å². The molecular weight excluding hydrogens is 276 g/mol. The Labute approximate surface area is 123 Å². The quantitative estimate of drug-likeness (QED) is 0.915. The summed E-state index contributed by atoms with van der Waals surface area (Å²) in [7, 11) is 3.94. The molecule has 2 rings (SSSR count). The van der Waals surface area contributed by atoms with Crippen LogP contribution in [0, 0.1) is 0 Å². The molecule has 1 amide bonds. The van der Waals surface area contributed by atoms with E-state index < -0.39 is 0 Å². The molecule has 0 aliphatic heterocycles. The molecule has 0 bridgehead atoms. The van der Waals surface area contributed by atoms with E-state index in [2.05, 4.69) is 10.3 Å². The Hall–Kier alpha value is -1.59. The first-order chi connectivity index (χ1) is 9.52. The fraction of sp³-hybridized carbons (Fsp3) is 0.429. The van der Waals surface area contributed by atoms with Crippen LogP contribution in [0.25, 0.3) is 5.65 Å². The SMILES string of the molecule is CCc1nc2cc(Cl)ccn2c1C(=O)NCCN(C)C. The molecule has 0 spiro atoms. The van der Waals surface area contributed by atoms with Gasteiger partial charge in [0.05, 0.1) is 5.69 Å². The third kappa shape index (κ3) is 3.11. The lowest BCUT2D eigenvalue weighted by Gasteiger charge is -2.10. The predicted octanol–water partition coefficient (Wildman–Crippen LogP) is 1.84. The second kappa shape index (κ2) is 6.24. The molecule has 0 saturated heterocycles. The second-order valence-electron chi connectivity index (χ2n) is 4.89. The maximum Gasteiger partial charge on any atom is 0.270 e. The van der Waals surface area contributed by atoms with E-state index in [4.69, 9.17) is 11.6 Å². The number of likely N-dealkylation sites (N-methyl/N-ethyl adjacent to an activating group) is 1. The van der Waals surface area contributed by atoms with Gasteiger partial charge in [0, 0.05) is 30.4 Å². The molecule has 0 aliphatic rings. The van der Waals surface area contributed by atoms with Gasteiger partial charge in [-0.25, -0.2) is 4.98 Å². The number of nitrogens with one attached hydrogen (secondary N) is 1. The van der Waals surface area contributed by atoms with Crippen molar-refractivity contribution in [2.75, 3.05) is 27.2 Å². The lowest BCUT2D eigenvalue weighted by atomic mass is 10.2. The van der Waals surface area contributed by atoms with E-state index in [0.29, 0.717) is 29.3 Å². The van der Waals surface area contributed by atoms with Crippen molar-refractivity contribution in [1.82, 2.24) is 19.6 Å². The smallest absolute Gasteiger partial charge is 0.270 e. The molecule has 0 fully saturated rings. The Morgan fingerprint density at radius 3 is 2.90 bits per heavy atom. The van der Waals surface area contributed by atoms with Crippen LogP contribution in [-0.4, -0.2) is 47.4 Å². The molecule has 6 heteroatoms. The van der Waals surface area contributed by atoms with Gasteiger partial charge in [-0.2, -0.15) is 0 Å². The Morgan fingerprint density at radius 2 is 2.25 bits per heavy atom. The third-order valence-corrected chi connectivity index (χ3v) is 3.29. The van der Waals surface area contributed by atoms with E-state index in [-0.39, 0.29) is 5.91 Å². The topological polar surface area (TPSA) is 49.6 Å². The van der Waals surface area contributed by atoms with Gasteiger partial charge < -0.3 is 10.2 Å². The summed E-state index contributed by atoms with van der Waals surface area (Å²) in [5.74, 6) is -0.0986. The van der Waals surface area contributed by atoms with Crippen LogP contribution in [0.4, 0.5) is 0 Å². The Bertz CT molecular complexity index is 621. The van der Waals surface area contributed by atoms with Crippen LogP contribution in [0.2, 0.25) is 5.02 Å². The highest BCUT2D eigenvalue weighted by Crippen LogP contribution is 2.17. The first-order valence-electron chi connectivity index (χ1n) is 6.62. The lowest BCUT2D eigenvalue weighted by Crippen LogP contribution is -2.32. The van der Waals surface area contributed by atoms with E-state index in [0.717, 1.165) is 12.2 Å². The van der Waals surface area contributed by atoms with Crippen molar-refractivity contribution in [3.63, 3.8) is 0 Å². The Balaban J connectivity index is 2.29. The number of carbonyl (C=O) groups is 1. The van der Waals surface area contributed by atoms with Gasteiger partial charge in [-0.15, -0.1) is 0 Å². The van der Waals surface area contributed by atoms with Gasteiger partial charge in [-0.05, 0) is 26.6 Å². The summed E-state index contributed by atoms with van der Waals surface area (Å²) in [6.07, 6.45) is 2.49. The molecule has 2 aromatic heterocycles. The summed E-state index contributed by atoms with van der Waals surface area (Å²) in [5, 5.41) is 3.54. The van der Waals surface area contributed by atoms with Gasteiger partial charge in [0.25, 0.3) is 5.91 Å². The number of nitrogens with zero attached hydrogens (tertiary/aromatic N) is 3. The Morgan fingerprint density at radius 1 is 1.50 bits per heavy atom. The molecule has 2 aromatic rings. The monoisotopic (exact) mass is 294 g/mol.